The van der Waals surface area contributed by atoms with Crippen molar-refractivity contribution in [2.75, 3.05) is 19.0 Å². The first kappa shape index (κ1) is 10.2. The van der Waals surface area contributed by atoms with Crippen molar-refractivity contribution in [1.82, 2.24) is 19.8 Å². The van der Waals surface area contributed by atoms with E-state index in [0.717, 1.165) is 16.1 Å². The van der Waals surface area contributed by atoms with E-state index in [9.17, 15) is 4.79 Å². The predicted molar refractivity (Wildman–Crippen MR) is 66.8 cm³/mol. The first-order valence-electron chi connectivity index (χ1n) is 4.99. The van der Waals surface area contributed by atoms with Gasteiger partial charge in [0.1, 0.15) is 5.52 Å². The standard InChI is InChI=1S/C10H9N5OS/c1-15(2)8-5-3-4-11-17-9(5)6-7(8)12-14-13-10(6)16/h3-4H,1-2H3,(H,12,13,16). The smallest absolute Gasteiger partial charge is 0.276 e. The number of hydrogen-bond donors (Lipinski definition) is 1. The number of nitrogens with one attached hydrogen (secondary N) is 1. The molecule has 6 nitrogen and oxygen atoms in total. The first-order valence-corrected chi connectivity index (χ1v) is 5.76. The summed E-state index contributed by atoms with van der Waals surface area (Å²) < 4.78 is 4.10. The second-order valence-corrected chi connectivity index (χ2v) is 4.66. The summed E-state index contributed by atoms with van der Waals surface area (Å²) in [6.45, 7) is 0. The molecule has 0 atom stereocenters. The molecule has 0 unspecified atom stereocenters. The van der Waals surface area contributed by atoms with Gasteiger partial charge in [0.2, 0.25) is 0 Å². The molecular formula is C10H9N5OS. The van der Waals surface area contributed by atoms with Crippen LogP contribution in [0.5, 0.6) is 0 Å². The van der Waals surface area contributed by atoms with Gasteiger partial charge in [-0.25, -0.2) is 9.47 Å². The van der Waals surface area contributed by atoms with Crippen molar-refractivity contribution in [3.05, 3.63) is 22.6 Å². The Morgan fingerprint density at radius 2 is 2.24 bits per heavy atom. The molecule has 1 N–H and O–H groups in total. The van der Waals surface area contributed by atoms with Crippen LogP contribution in [-0.2, 0) is 0 Å². The number of anilines is 1. The van der Waals surface area contributed by atoms with Gasteiger partial charge in [0, 0.05) is 25.9 Å². The molecule has 17 heavy (non-hydrogen) atoms. The van der Waals surface area contributed by atoms with Crippen LogP contribution in [0.3, 0.4) is 0 Å². The van der Waals surface area contributed by atoms with Crippen LogP contribution in [0.1, 0.15) is 0 Å². The molecule has 1 aromatic rings. The van der Waals surface area contributed by atoms with E-state index in [4.69, 9.17) is 0 Å². The van der Waals surface area contributed by atoms with Gasteiger partial charge in [0.25, 0.3) is 5.56 Å². The van der Waals surface area contributed by atoms with Gasteiger partial charge in [-0.1, -0.05) is 5.21 Å². The van der Waals surface area contributed by atoms with Crippen molar-refractivity contribution in [3.63, 3.8) is 0 Å². The fourth-order valence-corrected chi connectivity index (χ4v) is 2.74. The Bertz CT molecular complexity index is 716. The van der Waals surface area contributed by atoms with Gasteiger partial charge in [-0.15, -0.1) is 5.10 Å². The molecule has 0 saturated carbocycles. The fourth-order valence-electron chi connectivity index (χ4n) is 1.97. The molecule has 2 aliphatic rings. The Morgan fingerprint density at radius 3 is 3.00 bits per heavy atom. The molecule has 0 fully saturated rings. The Morgan fingerprint density at radius 1 is 1.41 bits per heavy atom. The summed E-state index contributed by atoms with van der Waals surface area (Å²) in [7, 11) is 3.84. The number of rotatable bonds is 1. The van der Waals surface area contributed by atoms with Crippen LogP contribution in [0.4, 0.5) is 5.69 Å². The second-order valence-electron chi connectivity index (χ2n) is 3.86. The predicted octanol–water partition coefficient (Wildman–Crippen LogP) is 0.945. The molecular weight excluding hydrogens is 238 g/mol. The summed E-state index contributed by atoms with van der Waals surface area (Å²) in [6.07, 6.45) is 1.72. The number of hydrogen-bond acceptors (Lipinski definition) is 6. The van der Waals surface area contributed by atoms with Crippen LogP contribution in [0.2, 0.25) is 0 Å². The lowest BCUT2D eigenvalue weighted by Crippen LogP contribution is -2.11. The number of fused-ring (bicyclic) bond motifs is 3. The zero-order valence-electron chi connectivity index (χ0n) is 9.26. The van der Waals surface area contributed by atoms with Crippen molar-refractivity contribution in [3.8, 4) is 10.4 Å². The molecule has 1 aliphatic carbocycles. The molecule has 7 heteroatoms. The van der Waals surface area contributed by atoms with Crippen LogP contribution in [0, 0.1) is 0 Å². The SMILES string of the molecule is CN(C)c1c2ccnsc-2c2c(=O)[nH]nnc12. The van der Waals surface area contributed by atoms with Gasteiger partial charge in [0.15, 0.2) is 0 Å². The summed E-state index contributed by atoms with van der Waals surface area (Å²) in [4.78, 5) is 14.6. The average molecular weight is 247 g/mol. The van der Waals surface area contributed by atoms with Crippen LogP contribution >= 0.6 is 11.5 Å². The average Bonchev–Trinajstić information content (AvgIpc) is 2.64. The zero-order valence-corrected chi connectivity index (χ0v) is 10.1. The minimum Gasteiger partial charge on any atom is -0.375 e. The highest BCUT2D eigenvalue weighted by atomic mass is 32.1. The normalized spacial score (nSPS) is 11.2. The van der Waals surface area contributed by atoms with E-state index in [1.165, 1.54) is 11.5 Å². The van der Waals surface area contributed by atoms with E-state index in [0.29, 0.717) is 10.9 Å². The number of nitrogens with zero attached hydrogens (tertiary/aromatic N) is 4. The van der Waals surface area contributed by atoms with Crippen molar-refractivity contribution in [1.29, 1.82) is 0 Å². The van der Waals surface area contributed by atoms with Crippen LogP contribution in [0.15, 0.2) is 17.1 Å². The number of aromatic amines is 1. The second kappa shape index (κ2) is 3.49. The van der Waals surface area contributed by atoms with Crippen LogP contribution in [-0.4, -0.2) is 33.9 Å². The van der Waals surface area contributed by atoms with Crippen molar-refractivity contribution < 1.29 is 0 Å². The van der Waals surface area contributed by atoms with E-state index in [1.54, 1.807) is 6.20 Å². The van der Waals surface area contributed by atoms with Crippen molar-refractivity contribution >= 4 is 28.1 Å². The van der Waals surface area contributed by atoms with E-state index in [-0.39, 0.29) is 5.56 Å². The van der Waals surface area contributed by atoms with Gasteiger partial charge in [-0.05, 0) is 17.6 Å². The molecule has 1 aromatic heterocycles. The summed E-state index contributed by atoms with van der Waals surface area (Å²) in [5.41, 5.74) is 2.29. The molecule has 0 bridgehead atoms. The lowest BCUT2D eigenvalue weighted by Gasteiger charge is -2.12. The van der Waals surface area contributed by atoms with Gasteiger partial charge >= 0.3 is 0 Å². The lowest BCUT2D eigenvalue weighted by molar-refractivity contribution is 0.873. The van der Waals surface area contributed by atoms with Crippen LogP contribution in [0.25, 0.3) is 21.3 Å². The van der Waals surface area contributed by atoms with E-state index in [1.807, 2.05) is 25.1 Å². The maximum absolute atomic E-state index is 11.8. The van der Waals surface area contributed by atoms with Crippen molar-refractivity contribution in [2.24, 2.45) is 0 Å². The molecule has 0 spiro atoms. The van der Waals surface area contributed by atoms with Crippen molar-refractivity contribution in [2.45, 2.75) is 0 Å². The molecule has 0 amide bonds. The van der Waals surface area contributed by atoms with E-state index >= 15 is 0 Å². The topological polar surface area (TPSA) is 74.8 Å². The summed E-state index contributed by atoms with van der Waals surface area (Å²) >= 11 is 1.29. The maximum atomic E-state index is 11.8. The van der Waals surface area contributed by atoms with E-state index < -0.39 is 0 Å². The highest BCUT2D eigenvalue weighted by Gasteiger charge is 2.23. The summed E-state index contributed by atoms with van der Waals surface area (Å²) in [6, 6.07) is 1.89. The monoisotopic (exact) mass is 247 g/mol. The third-order valence-electron chi connectivity index (χ3n) is 2.61. The minimum atomic E-state index is -0.225. The van der Waals surface area contributed by atoms with Gasteiger partial charge in [-0.3, -0.25) is 4.79 Å². The number of aromatic nitrogens is 4. The molecule has 1 aliphatic heterocycles. The Labute approximate surface area is 100 Å². The van der Waals surface area contributed by atoms with Gasteiger partial charge < -0.3 is 4.90 Å². The molecule has 0 radical (unpaired) electrons. The Balaban J connectivity index is 2.61. The first-order chi connectivity index (χ1) is 8.20. The molecule has 2 heterocycles. The zero-order chi connectivity index (χ0) is 12.0. The minimum absolute atomic E-state index is 0.225. The Hall–Kier alpha value is -2.02. The molecule has 0 aromatic carbocycles. The van der Waals surface area contributed by atoms with Gasteiger partial charge in [0.05, 0.1) is 16.0 Å². The summed E-state index contributed by atoms with van der Waals surface area (Å²) in [5.74, 6) is 0. The lowest BCUT2D eigenvalue weighted by atomic mass is 10.2. The van der Waals surface area contributed by atoms with Gasteiger partial charge in [-0.2, -0.15) is 0 Å². The van der Waals surface area contributed by atoms with Crippen LogP contribution < -0.4 is 10.5 Å². The maximum Gasteiger partial charge on any atom is 0.276 e. The highest BCUT2D eigenvalue weighted by molar-refractivity contribution is 7.10. The highest BCUT2D eigenvalue weighted by Crippen LogP contribution is 2.42. The fraction of sp³-hybridized carbons (Fsp3) is 0.200. The number of H-pyrrole nitrogens is 1. The summed E-state index contributed by atoms with van der Waals surface area (Å²) in [5, 5.41) is 10.6. The molecule has 86 valence electrons. The van der Waals surface area contributed by atoms with E-state index in [2.05, 4.69) is 19.8 Å². The molecule has 3 rings (SSSR count). The largest absolute Gasteiger partial charge is 0.375 e. The third-order valence-corrected chi connectivity index (χ3v) is 3.44. The third kappa shape index (κ3) is 1.32. The quantitative estimate of drug-likeness (QED) is 0.692. The molecule has 0 saturated heterocycles. The Kier molecular flexibility index (Phi) is 2.08.